The topological polar surface area (TPSA) is 91.2 Å². The molecule has 5 aromatic carbocycles. The standard InChI is InChI=1S/C41H35N3O5S/c1-4-48-35-22-27(20-21-34(35)49-25-30-15-10-13-28-12-8-9-19-33(28)30)23-36-40(46)44-38(29-14-11-18-32(24-29)47-3)37(26(2)42-41(44)50-36)39(45)43-31-16-6-5-7-17-31/h5-24,38H,4,25H2,1-3H3,(H,43,45)/b36-23-/t38-/m0/s1. The molecule has 0 bridgehead atoms. The zero-order chi connectivity index (χ0) is 34.6. The maximum atomic E-state index is 14.3. The quantitative estimate of drug-likeness (QED) is 0.168. The number of hydrogen-bond acceptors (Lipinski definition) is 7. The summed E-state index contributed by atoms with van der Waals surface area (Å²) in [5.41, 5.74) is 3.89. The second-order valence-electron chi connectivity index (χ2n) is 11.7. The molecule has 9 heteroatoms. The van der Waals surface area contributed by atoms with Crippen LogP contribution in [0.2, 0.25) is 0 Å². The smallest absolute Gasteiger partial charge is 0.271 e. The molecule has 50 heavy (non-hydrogen) atoms. The number of amides is 1. The summed E-state index contributed by atoms with van der Waals surface area (Å²) in [7, 11) is 1.59. The summed E-state index contributed by atoms with van der Waals surface area (Å²) in [6.45, 7) is 4.55. The largest absolute Gasteiger partial charge is 0.497 e. The molecular formula is C41H35N3O5S. The maximum Gasteiger partial charge on any atom is 0.271 e. The molecule has 1 aliphatic heterocycles. The second-order valence-corrected chi connectivity index (χ2v) is 12.8. The van der Waals surface area contributed by atoms with Crippen LogP contribution in [0.25, 0.3) is 16.8 Å². The minimum atomic E-state index is -0.726. The van der Waals surface area contributed by atoms with Gasteiger partial charge in [0.15, 0.2) is 16.3 Å². The number of allylic oxidation sites excluding steroid dienone is 1. The number of nitrogens with one attached hydrogen (secondary N) is 1. The van der Waals surface area contributed by atoms with Crippen LogP contribution in [0.4, 0.5) is 5.69 Å². The van der Waals surface area contributed by atoms with E-state index in [0.29, 0.717) is 56.8 Å². The van der Waals surface area contributed by atoms with E-state index in [9.17, 15) is 9.59 Å². The number of benzene rings is 5. The first-order valence-corrected chi connectivity index (χ1v) is 17.1. The summed E-state index contributed by atoms with van der Waals surface area (Å²) < 4.78 is 19.9. The zero-order valence-corrected chi connectivity index (χ0v) is 28.7. The first-order chi connectivity index (χ1) is 24.4. The van der Waals surface area contributed by atoms with E-state index < -0.39 is 6.04 Å². The summed E-state index contributed by atoms with van der Waals surface area (Å²) in [6.07, 6.45) is 1.83. The third kappa shape index (κ3) is 6.55. The van der Waals surface area contributed by atoms with Crippen molar-refractivity contribution >= 4 is 39.8 Å². The van der Waals surface area contributed by atoms with Crippen LogP contribution in [0.1, 0.15) is 36.6 Å². The van der Waals surface area contributed by atoms with Crippen molar-refractivity contribution in [2.75, 3.05) is 19.0 Å². The molecule has 1 atom stereocenters. The molecule has 0 unspecified atom stereocenters. The number of ether oxygens (including phenoxy) is 3. The fraction of sp³-hybridized carbons (Fsp3) is 0.146. The summed E-state index contributed by atoms with van der Waals surface area (Å²) in [6, 6.07) is 36.0. The van der Waals surface area contributed by atoms with E-state index in [-0.39, 0.29) is 11.5 Å². The Morgan fingerprint density at radius 1 is 0.900 bits per heavy atom. The van der Waals surface area contributed by atoms with Crippen molar-refractivity contribution in [3.8, 4) is 17.2 Å². The summed E-state index contributed by atoms with van der Waals surface area (Å²) in [5.74, 6) is 1.48. The maximum absolute atomic E-state index is 14.3. The van der Waals surface area contributed by atoms with Gasteiger partial charge in [-0.3, -0.25) is 14.2 Å². The van der Waals surface area contributed by atoms with Crippen molar-refractivity contribution < 1.29 is 19.0 Å². The number of nitrogens with zero attached hydrogens (tertiary/aromatic N) is 2. The van der Waals surface area contributed by atoms with Crippen LogP contribution in [-0.2, 0) is 11.4 Å². The van der Waals surface area contributed by atoms with Gasteiger partial charge in [-0.1, -0.05) is 90.2 Å². The number of aromatic nitrogens is 1. The van der Waals surface area contributed by atoms with Crippen molar-refractivity contribution in [2.24, 2.45) is 4.99 Å². The average Bonchev–Trinajstić information content (AvgIpc) is 3.44. The highest BCUT2D eigenvalue weighted by molar-refractivity contribution is 7.07. The van der Waals surface area contributed by atoms with Crippen LogP contribution in [0.3, 0.4) is 0 Å². The number of fused-ring (bicyclic) bond motifs is 2. The lowest BCUT2D eigenvalue weighted by Gasteiger charge is -2.25. The van der Waals surface area contributed by atoms with Gasteiger partial charge in [-0.2, -0.15) is 0 Å². The SMILES string of the molecule is CCOc1cc(/C=c2\sc3n(c2=O)[C@@H](c2cccc(OC)c2)C(C(=O)Nc2ccccc2)=C(C)N=3)ccc1OCc1cccc2ccccc12. The van der Waals surface area contributed by atoms with Gasteiger partial charge < -0.3 is 19.5 Å². The Kier molecular flexibility index (Phi) is 9.31. The molecule has 0 radical (unpaired) electrons. The Balaban J connectivity index is 1.26. The summed E-state index contributed by atoms with van der Waals surface area (Å²) >= 11 is 1.28. The molecular weight excluding hydrogens is 647 g/mol. The molecule has 0 spiro atoms. The lowest BCUT2D eigenvalue weighted by atomic mass is 9.95. The molecule has 1 aliphatic rings. The Morgan fingerprint density at radius 2 is 1.68 bits per heavy atom. The number of para-hydroxylation sites is 1. The van der Waals surface area contributed by atoms with Crippen molar-refractivity contribution in [1.29, 1.82) is 0 Å². The van der Waals surface area contributed by atoms with Gasteiger partial charge in [-0.05, 0) is 83.8 Å². The van der Waals surface area contributed by atoms with Crippen LogP contribution < -0.4 is 34.4 Å². The zero-order valence-electron chi connectivity index (χ0n) is 27.9. The van der Waals surface area contributed by atoms with Crippen molar-refractivity contribution in [1.82, 2.24) is 4.57 Å². The van der Waals surface area contributed by atoms with Gasteiger partial charge in [0.1, 0.15) is 12.4 Å². The Morgan fingerprint density at radius 3 is 2.50 bits per heavy atom. The molecule has 1 amide bonds. The number of anilines is 1. The van der Waals surface area contributed by atoms with Crippen LogP contribution >= 0.6 is 11.3 Å². The third-order valence-corrected chi connectivity index (χ3v) is 9.52. The lowest BCUT2D eigenvalue weighted by Crippen LogP contribution is -2.40. The molecule has 2 heterocycles. The van der Waals surface area contributed by atoms with Gasteiger partial charge in [0.25, 0.3) is 11.5 Å². The van der Waals surface area contributed by atoms with Crippen LogP contribution in [0.5, 0.6) is 17.2 Å². The first-order valence-electron chi connectivity index (χ1n) is 16.3. The Labute approximate surface area is 293 Å². The highest BCUT2D eigenvalue weighted by Crippen LogP contribution is 2.33. The minimum absolute atomic E-state index is 0.256. The molecule has 250 valence electrons. The predicted octanol–water partition coefficient (Wildman–Crippen LogP) is 7.01. The van der Waals surface area contributed by atoms with Gasteiger partial charge in [0, 0.05) is 5.69 Å². The van der Waals surface area contributed by atoms with Crippen LogP contribution in [0.15, 0.2) is 136 Å². The first kappa shape index (κ1) is 32.6. The molecule has 1 aromatic heterocycles. The molecule has 0 saturated carbocycles. The summed E-state index contributed by atoms with van der Waals surface area (Å²) in [5, 5.41) is 5.28. The van der Waals surface area contributed by atoms with Gasteiger partial charge in [-0.25, -0.2) is 4.99 Å². The Hall–Kier alpha value is -5.93. The van der Waals surface area contributed by atoms with Gasteiger partial charge in [-0.15, -0.1) is 0 Å². The molecule has 1 N–H and O–H groups in total. The van der Waals surface area contributed by atoms with E-state index in [1.54, 1.807) is 18.6 Å². The minimum Gasteiger partial charge on any atom is -0.497 e. The van der Waals surface area contributed by atoms with Gasteiger partial charge in [0.05, 0.1) is 35.6 Å². The fourth-order valence-corrected chi connectivity index (χ4v) is 7.23. The number of methoxy groups -OCH3 is 1. The van der Waals surface area contributed by atoms with Gasteiger partial charge >= 0.3 is 0 Å². The molecule has 7 rings (SSSR count). The highest BCUT2D eigenvalue weighted by Gasteiger charge is 2.32. The molecule has 0 saturated heterocycles. The monoisotopic (exact) mass is 681 g/mol. The Bertz CT molecular complexity index is 2430. The predicted molar refractivity (Wildman–Crippen MR) is 198 cm³/mol. The second kappa shape index (κ2) is 14.3. The lowest BCUT2D eigenvalue weighted by molar-refractivity contribution is -0.113. The van der Waals surface area contributed by atoms with Crippen LogP contribution in [-0.4, -0.2) is 24.2 Å². The van der Waals surface area contributed by atoms with E-state index in [0.717, 1.165) is 27.5 Å². The van der Waals surface area contributed by atoms with Crippen molar-refractivity contribution in [2.45, 2.75) is 26.5 Å². The number of rotatable bonds is 10. The average molecular weight is 682 g/mol. The molecule has 0 aliphatic carbocycles. The van der Waals surface area contributed by atoms with Crippen molar-refractivity contribution in [3.63, 3.8) is 0 Å². The van der Waals surface area contributed by atoms with E-state index in [4.69, 9.17) is 19.2 Å². The van der Waals surface area contributed by atoms with E-state index in [1.807, 2.05) is 104 Å². The highest BCUT2D eigenvalue weighted by atomic mass is 32.1. The normalized spacial score (nSPS) is 14.2. The molecule has 8 nitrogen and oxygen atoms in total. The number of carbonyl (C=O) groups excluding carboxylic acids is 1. The number of carbonyl (C=O) groups is 1. The van der Waals surface area contributed by atoms with E-state index in [1.165, 1.54) is 11.3 Å². The fourth-order valence-electron chi connectivity index (χ4n) is 6.19. The van der Waals surface area contributed by atoms with E-state index >= 15 is 0 Å². The number of thiazole rings is 1. The number of hydrogen-bond donors (Lipinski definition) is 1. The van der Waals surface area contributed by atoms with Gasteiger partial charge in [0.2, 0.25) is 0 Å². The van der Waals surface area contributed by atoms with Crippen molar-refractivity contribution in [3.05, 3.63) is 163 Å². The molecule has 0 fully saturated rings. The third-order valence-electron chi connectivity index (χ3n) is 8.54. The summed E-state index contributed by atoms with van der Waals surface area (Å²) in [4.78, 5) is 33.4. The molecule has 6 aromatic rings. The van der Waals surface area contributed by atoms with E-state index in [2.05, 4.69) is 29.6 Å². The van der Waals surface area contributed by atoms with Crippen LogP contribution in [0, 0.1) is 0 Å².